The molecule has 0 spiro atoms. The number of nitrogens with two attached hydrogens (primary N) is 1. The third-order valence-corrected chi connectivity index (χ3v) is 3.49. The molecule has 19 heavy (non-hydrogen) atoms. The van der Waals surface area contributed by atoms with Gasteiger partial charge in [0.25, 0.3) is 0 Å². The largest absolute Gasteiger partial charge is 0.481 e. The highest BCUT2D eigenvalue weighted by atomic mass is 35.5. The van der Waals surface area contributed by atoms with E-state index in [-0.39, 0.29) is 16.3 Å². The first-order valence-corrected chi connectivity index (χ1v) is 7.07. The number of ether oxygens (including phenoxy) is 1. The average molecular weight is 303 g/mol. The van der Waals surface area contributed by atoms with Gasteiger partial charge in [-0.1, -0.05) is 24.4 Å². The maximum absolute atomic E-state index is 6.01. The highest BCUT2D eigenvalue weighted by Gasteiger charge is 2.23. The van der Waals surface area contributed by atoms with Crippen LogP contribution >= 0.6 is 23.2 Å². The zero-order chi connectivity index (χ0) is 13.8. The van der Waals surface area contributed by atoms with E-state index >= 15 is 0 Å². The number of nitrogen functional groups attached to an aromatic ring is 1. The molecule has 104 valence electrons. The molecule has 1 saturated carbocycles. The van der Waals surface area contributed by atoms with Gasteiger partial charge in [0, 0.05) is 5.92 Å². The first kappa shape index (κ1) is 14.3. The Hall–Kier alpha value is -1.07. The van der Waals surface area contributed by atoms with Crippen molar-refractivity contribution < 1.29 is 4.74 Å². The van der Waals surface area contributed by atoms with E-state index in [0.717, 1.165) is 12.8 Å². The Balaban J connectivity index is 2.35. The maximum Gasteiger partial charge on any atom is 0.225 e. The Morgan fingerprint density at radius 2 is 2.05 bits per heavy atom. The Morgan fingerprint density at radius 1 is 1.37 bits per heavy atom. The number of anilines is 1. The van der Waals surface area contributed by atoms with E-state index in [4.69, 9.17) is 33.7 Å². The molecule has 1 aliphatic rings. The van der Waals surface area contributed by atoms with E-state index in [1.165, 1.54) is 12.8 Å². The number of hydrogen-bond donors (Lipinski definition) is 1. The summed E-state index contributed by atoms with van der Waals surface area (Å²) in [5.41, 5.74) is 6.12. The molecule has 1 fully saturated rings. The van der Waals surface area contributed by atoms with Crippen molar-refractivity contribution in [3.05, 3.63) is 10.4 Å². The molecule has 7 heteroatoms. The van der Waals surface area contributed by atoms with Gasteiger partial charge in [0.2, 0.25) is 5.28 Å². The highest BCUT2D eigenvalue weighted by molar-refractivity contribution is 6.34. The fraction of sp³-hybridized carbons (Fsp3) is 0.583. The molecule has 0 aromatic carbocycles. The van der Waals surface area contributed by atoms with E-state index < -0.39 is 0 Å². The Morgan fingerprint density at radius 3 is 2.63 bits per heavy atom. The number of aliphatic imine (C=N–C) groups is 1. The van der Waals surface area contributed by atoms with E-state index in [9.17, 15) is 0 Å². The van der Waals surface area contributed by atoms with Crippen molar-refractivity contribution >= 4 is 40.6 Å². The molecule has 1 aromatic heterocycles. The fourth-order valence-electron chi connectivity index (χ4n) is 2.19. The summed E-state index contributed by atoms with van der Waals surface area (Å²) in [5, 5.41) is 0.160. The second kappa shape index (κ2) is 6.39. The smallest absolute Gasteiger partial charge is 0.225 e. The summed E-state index contributed by atoms with van der Waals surface area (Å²) in [6.07, 6.45) is 4.53. The molecule has 1 heterocycles. The molecule has 0 aliphatic heterocycles. The minimum absolute atomic E-state index is 0.0141. The number of aromatic nitrogens is 2. The summed E-state index contributed by atoms with van der Waals surface area (Å²) in [6.45, 7) is 2.48. The molecule has 0 amide bonds. The van der Waals surface area contributed by atoms with Crippen LogP contribution in [0.2, 0.25) is 10.4 Å². The standard InChI is InChI=1S/C12H16Cl2N4O/c1-2-19-11(7-5-3-4-6-7)16-8-9(13)17-12(14)18-10(8)15/h7H,2-6H2,1H3,(H2,15,17,18). The minimum atomic E-state index is 0.0141. The molecule has 2 rings (SSSR count). The van der Waals surface area contributed by atoms with Crippen molar-refractivity contribution in [2.75, 3.05) is 12.3 Å². The van der Waals surface area contributed by atoms with Gasteiger partial charge >= 0.3 is 0 Å². The van der Waals surface area contributed by atoms with Gasteiger partial charge in [-0.15, -0.1) is 0 Å². The van der Waals surface area contributed by atoms with Crippen LogP contribution in [0.5, 0.6) is 0 Å². The predicted molar refractivity (Wildman–Crippen MR) is 77.1 cm³/mol. The molecule has 0 atom stereocenters. The summed E-state index contributed by atoms with van der Waals surface area (Å²) in [4.78, 5) is 12.1. The third-order valence-electron chi connectivity index (χ3n) is 3.06. The number of rotatable bonds is 3. The summed E-state index contributed by atoms with van der Waals surface area (Å²) in [6, 6.07) is 0. The van der Waals surface area contributed by atoms with Gasteiger partial charge in [-0.3, -0.25) is 0 Å². The van der Waals surface area contributed by atoms with Gasteiger partial charge < -0.3 is 10.5 Å². The number of nitrogens with zero attached hydrogens (tertiary/aromatic N) is 3. The highest BCUT2D eigenvalue weighted by Crippen LogP contribution is 2.33. The first-order valence-electron chi connectivity index (χ1n) is 6.31. The van der Waals surface area contributed by atoms with E-state index in [0.29, 0.717) is 24.1 Å². The molecular formula is C12H16Cl2N4O. The van der Waals surface area contributed by atoms with Crippen molar-refractivity contribution in [2.45, 2.75) is 32.6 Å². The zero-order valence-electron chi connectivity index (χ0n) is 10.7. The second-order valence-corrected chi connectivity index (χ2v) is 5.08. The molecule has 0 saturated heterocycles. The lowest BCUT2D eigenvalue weighted by atomic mass is 10.1. The SMILES string of the molecule is CCOC(=Nc1c(N)nc(Cl)nc1Cl)C1CCCC1. The quantitative estimate of drug-likeness (QED) is 0.400. The van der Waals surface area contributed by atoms with Gasteiger partial charge in [0.1, 0.15) is 5.69 Å². The second-order valence-electron chi connectivity index (χ2n) is 4.38. The summed E-state index contributed by atoms with van der Waals surface area (Å²) in [5.74, 6) is 1.16. The Bertz CT molecular complexity index is 464. The van der Waals surface area contributed by atoms with Crippen LogP contribution in [-0.4, -0.2) is 22.5 Å². The topological polar surface area (TPSA) is 73.4 Å². The molecular weight excluding hydrogens is 287 g/mol. The molecule has 2 N–H and O–H groups in total. The third kappa shape index (κ3) is 3.48. The van der Waals surface area contributed by atoms with Crippen LogP contribution in [0.25, 0.3) is 0 Å². The number of halogens is 2. The van der Waals surface area contributed by atoms with Crippen LogP contribution in [0.3, 0.4) is 0 Å². The summed E-state index contributed by atoms with van der Waals surface area (Å²) < 4.78 is 5.62. The monoisotopic (exact) mass is 302 g/mol. The molecule has 0 unspecified atom stereocenters. The van der Waals surface area contributed by atoms with E-state index in [1.54, 1.807) is 0 Å². The predicted octanol–water partition coefficient (Wildman–Crippen LogP) is 3.62. The molecule has 1 aliphatic carbocycles. The van der Waals surface area contributed by atoms with Gasteiger partial charge in [0.15, 0.2) is 16.9 Å². The van der Waals surface area contributed by atoms with Crippen molar-refractivity contribution in [1.82, 2.24) is 9.97 Å². The normalized spacial score (nSPS) is 16.9. The van der Waals surface area contributed by atoms with Crippen LogP contribution in [0.1, 0.15) is 32.6 Å². The fourth-order valence-corrected chi connectivity index (χ4v) is 2.63. The zero-order valence-corrected chi connectivity index (χ0v) is 12.2. The first-order chi connectivity index (χ1) is 9.11. The van der Waals surface area contributed by atoms with E-state index in [1.807, 2.05) is 6.92 Å². The van der Waals surface area contributed by atoms with Gasteiger partial charge in [-0.05, 0) is 31.4 Å². The molecule has 0 radical (unpaired) electrons. The Kier molecular flexibility index (Phi) is 4.82. The maximum atomic E-state index is 6.01. The molecule has 1 aromatic rings. The lowest BCUT2D eigenvalue weighted by Gasteiger charge is -2.14. The molecule has 0 bridgehead atoms. The van der Waals surface area contributed by atoms with Gasteiger partial charge in [-0.25, -0.2) is 9.98 Å². The van der Waals surface area contributed by atoms with Crippen molar-refractivity contribution in [3.63, 3.8) is 0 Å². The Labute approximate surface area is 122 Å². The molecule has 5 nitrogen and oxygen atoms in total. The van der Waals surface area contributed by atoms with Crippen molar-refractivity contribution in [2.24, 2.45) is 10.9 Å². The summed E-state index contributed by atoms with van der Waals surface area (Å²) >= 11 is 11.7. The summed E-state index contributed by atoms with van der Waals surface area (Å²) in [7, 11) is 0. The van der Waals surface area contributed by atoms with Crippen molar-refractivity contribution in [3.8, 4) is 0 Å². The van der Waals surface area contributed by atoms with Crippen LogP contribution in [0.4, 0.5) is 11.5 Å². The number of hydrogen-bond acceptors (Lipinski definition) is 5. The van der Waals surface area contributed by atoms with Crippen LogP contribution in [-0.2, 0) is 4.74 Å². The van der Waals surface area contributed by atoms with Gasteiger partial charge in [-0.2, -0.15) is 4.98 Å². The van der Waals surface area contributed by atoms with Gasteiger partial charge in [0.05, 0.1) is 6.61 Å². The van der Waals surface area contributed by atoms with Crippen LogP contribution in [0.15, 0.2) is 4.99 Å². The average Bonchev–Trinajstić information content (AvgIpc) is 2.85. The van der Waals surface area contributed by atoms with Crippen LogP contribution < -0.4 is 5.73 Å². The van der Waals surface area contributed by atoms with Crippen LogP contribution in [0, 0.1) is 5.92 Å². The lowest BCUT2D eigenvalue weighted by Crippen LogP contribution is -2.15. The van der Waals surface area contributed by atoms with E-state index in [2.05, 4.69) is 15.0 Å². The van der Waals surface area contributed by atoms with Crippen molar-refractivity contribution in [1.29, 1.82) is 0 Å². The lowest BCUT2D eigenvalue weighted by molar-refractivity contribution is 0.300. The minimum Gasteiger partial charge on any atom is -0.481 e.